The topological polar surface area (TPSA) is 29.5 Å². The lowest BCUT2D eigenvalue weighted by Gasteiger charge is -2.10. The van der Waals surface area contributed by atoms with E-state index in [-0.39, 0.29) is 6.09 Å². The molecule has 11 heavy (non-hydrogen) atoms. The minimum absolute atomic E-state index is 0.367. The van der Waals surface area contributed by atoms with E-state index in [1.54, 1.807) is 7.05 Å². The quantitative estimate of drug-likeness (QED) is 0.488. The zero-order valence-corrected chi connectivity index (χ0v) is 8.14. The van der Waals surface area contributed by atoms with Crippen molar-refractivity contribution in [2.45, 2.75) is 0 Å². The average Bonchev–Trinajstić information content (AvgIpc) is 2.03. The van der Waals surface area contributed by atoms with Gasteiger partial charge in [0.05, 0.1) is 19.0 Å². The van der Waals surface area contributed by atoms with Gasteiger partial charge in [-0.2, -0.15) is 0 Å². The number of carbonyl (C=O) groups is 1. The molecule has 0 spiro atoms. The largest absolute Gasteiger partial charge is 0.453 e. The van der Waals surface area contributed by atoms with Crippen molar-refractivity contribution in [3.8, 4) is 11.8 Å². The standard InChI is InChI=1S/C7H10BrNO2/c1-9(7(10)11-2)6-4-3-5-8/h5-6H2,1-2H3. The second-order valence-corrected chi connectivity index (χ2v) is 2.37. The summed E-state index contributed by atoms with van der Waals surface area (Å²) < 4.78 is 4.45. The number of amides is 1. The van der Waals surface area contributed by atoms with Gasteiger partial charge in [0.15, 0.2) is 0 Å². The van der Waals surface area contributed by atoms with Gasteiger partial charge in [0.2, 0.25) is 0 Å². The van der Waals surface area contributed by atoms with E-state index < -0.39 is 0 Å². The molecule has 0 aliphatic rings. The monoisotopic (exact) mass is 219 g/mol. The maximum Gasteiger partial charge on any atom is 0.410 e. The number of nitrogens with zero attached hydrogens (tertiary/aromatic N) is 1. The number of halogens is 1. The fraction of sp³-hybridized carbons (Fsp3) is 0.571. The van der Waals surface area contributed by atoms with Crippen LogP contribution in [0, 0.1) is 11.8 Å². The van der Waals surface area contributed by atoms with Crippen LogP contribution in [0.2, 0.25) is 0 Å². The molecule has 0 aromatic carbocycles. The van der Waals surface area contributed by atoms with Crippen LogP contribution in [0.1, 0.15) is 0 Å². The van der Waals surface area contributed by atoms with E-state index in [0.717, 1.165) is 0 Å². The Hall–Kier alpha value is -0.690. The summed E-state index contributed by atoms with van der Waals surface area (Å²) in [5.74, 6) is 5.55. The van der Waals surface area contributed by atoms with Crippen LogP contribution in [0.3, 0.4) is 0 Å². The van der Waals surface area contributed by atoms with Gasteiger partial charge in [0.25, 0.3) is 0 Å². The second kappa shape index (κ2) is 6.05. The Labute approximate surface area is 74.8 Å². The molecule has 62 valence electrons. The predicted molar refractivity (Wildman–Crippen MR) is 46.6 cm³/mol. The van der Waals surface area contributed by atoms with E-state index in [4.69, 9.17) is 0 Å². The molecular weight excluding hydrogens is 210 g/mol. The molecular formula is C7H10BrNO2. The average molecular weight is 220 g/mol. The highest BCUT2D eigenvalue weighted by atomic mass is 79.9. The van der Waals surface area contributed by atoms with Crippen molar-refractivity contribution < 1.29 is 9.53 Å². The van der Waals surface area contributed by atoms with Crippen LogP contribution in [0.25, 0.3) is 0 Å². The van der Waals surface area contributed by atoms with E-state index >= 15 is 0 Å². The summed E-state index contributed by atoms with van der Waals surface area (Å²) in [4.78, 5) is 12.1. The molecule has 0 bridgehead atoms. The minimum atomic E-state index is -0.367. The van der Waals surface area contributed by atoms with Gasteiger partial charge in [-0.25, -0.2) is 4.79 Å². The van der Waals surface area contributed by atoms with Crippen LogP contribution in [0.5, 0.6) is 0 Å². The first-order valence-corrected chi connectivity index (χ1v) is 4.15. The smallest absolute Gasteiger partial charge is 0.410 e. The number of rotatable bonds is 1. The lowest BCUT2D eigenvalue weighted by Crippen LogP contribution is -2.26. The highest BCUT2D eigenvalue weighted by Crippen LogP contribution is 1.85. The summed E-state index contributed by atoms with van der Waals surface area (Å²) in [6, 6.07) is 0. The molecule has 0 atom stereocenters. The SMILES string of the molecule is COC(=O)N(C)CC#CCBr. The van der Waals surface area contributed by atoms with Gasteiger partial charge in [-0.1, -0.05) is 27.8 Å². The van der Waals surface area contributed by atoms with Crippen molar-refractivity contribution in [2.75, 3.05) is 26.0 Å². The van der Waals surface area contributed by atoms with Crippen LogP contribution in [0.15, 0.2) is 0 Å². The van der Waals surface area contributed by atoms with Gasteiger partial charge in [-0.05, 0) is 0 Å². The lowest BCUT2D eigenvalue weighted by atomic mass is 10.5. The molecule has 1 amide bonds. The summed E-state index contributed by atoms with van der Waals surface area (Å²) >= 11 is 3.15. The molecule has 0 heterocycles. The summed E-state index contributed by atoms with van der Waals surface area (Å²) in [7, 11) is 2.98. The Morgan fingerprint density at radius 3 is 2.73 bits per heavy atom. The first-order valence-electron chi connectivity index (χ1n) is 3.03. The van der Waals surface area contributed by atoms with Gasteiger partial charge in [0, 0.05) is 7.05 Å². The summed E-state index contributed by atoms with van der Waals surface area (Å²) in [6.07, 6.45) is -0.367. The number of hydrogen-bond acceptors (Lipinski definition) is 2. The van der Waals surface area contributed by atoms with Crippen LogP contribution < -0.4 is 0 Å². The fourth-order valence-corrected chi connectivity index (χ4v) is 0.640. The molecule has 0 N–H and O–H groups in total. The van der Waals surface area contributed by atoms with Gasteiger partial charge < -0.3 is 9.64 Å². The van der Waals surface area contributed by atoms with Crippen LogP contribution in [0.4, 0.5) is 4.79 Å². The van der Waals surface area contributed by atoms with Crippen LogP contribution in [-0.2, 0) is 4.74 Å². The van der Waals surface area contributed by atoms with E-state index in [0.29, 0.717) is 11.9 Å². The maximum absolute atomic E-state index is 10.7. The highest BCUT2D eigenvalue weighted by molar-refractivity contribution is 9.09. The van der Waals surface area contributed by atoms with Gasteiger partial charge in [0.1, 0.15) is 0 Å². The second-order valence-electron chi connectivity index (χ2n) is 1.81. The lowest BCUT2D eigenvalue weighted by molar-refractivity contribution is 0.138. The Balaban J connectivity index is 3.68. The maximum atomic E-state index is 10.7. The molecule has 0 unspecified atom stereocenters. The van der Waals surface area contributed by atoms with Crippen molar-refractivity contribution in [3.05, 3.63) is 0 Å². The van der Waals surface area contributed by atoms with Crippen molar-refractivity contribution in [3.63, 3.8) is 0 Å². The third kappa shape index (κ3) is 4.68. The van der Waals surface area contributed by atoms with E-state index in [2.05, 4.69) is 32.5 Å². The zero-order valence-electron chi connectivity index (χ0n) is 6.56. The first kappa shape index (κ1) is 10.3. The highest BCUT2D eigenvalue weighted by Gasteiger charge is 2.03. The number of methoxy groups -OCH3 is 1. The van der Waals surface area contributed by atoms with Crippen LogP contribution >= 0.6 is 15.9 Å². The van der Waals surface area contributed by atoms with Gasteiger partial charge in [-0.3, -0.25) is 0 Å². The van der Waals surface area contributed by atoms with E-state index in [9.17, 15) is 4.79 Å². The summed E-state index contributed by atoms with van der Waals surface area (Å²) in [5.41, 5.74) is 0. The van der Waals surface area contributed by atoms with Crippen molar-refractivity contribution >= 4 is 22.0 Å². The molecule has 0 aliphatic heterocycles. The van der Waals surface area contributed by atoms with E-state index in [1.165, 1.54) is 12.0 Å². The molecule has 0 saturated carbocycles. The Morgan fingerprint density at radius 1 is 1.64 bits per heavy atom. The van der Waals surface area contributed by atoms with Gasteiger partial charge >= 0.3 is 6.09 Å². The Bertz CT molecular complexity index is 183. The fourth-order valence-electron chi connectivity index (χ4n) is 0.442. The summed E-state index contributed by atoms with van der Waals surface area (Å²) in [5, 5.41) is 0.627. The molecule has 0 fully saturated rings. The van der Waals surface area contributed by atoms with Crippen LogP contribution in [-0.4, -0.2) is 37.0 Å². The number of alkyl halides is 1. The van der Waals surface area contributed by atoms with Crippen molar-refractivity contribution in [2.24, 2.45) is 0 Å². The molecule has 3 nitrogen and oxygen atoms in total. The number of ether oxygens (including phenoxy) is 1. The zero-order chi connectivity index (χ0) is 8.69. The molecule has 0 rings (SSSR count). The van der Waals surface area contributed by atoms with Gasteiger partial charge in [-0.15, -0.1) is 0 Å². The van der Waals surface area contributed by atoms with Crippen molar-refractivity contribution in [1.29, 1.82) is 0 Å². The molecule has 0 aromatic heterocycles. The Kier molecular flexibility index (Phi) is 5.67. The number of hydrogen-bond donors (Lipinski definition) is 0. The predicted octanol–water partition coefficient (Wildman–Crippen LogP) is 1.08. The summed E-state index contributed by atoms with van der Waals surface area (Å²) in [6.45, 7) is 0.401. The van der Waals surface area contributed by atoms with Crippen molar-refractivity contribution in [1.82, 2.24) is 4.90 Å². The van der Waals surface area contributed by atoms with E-state index in [1.807, 2.05) is 0 Å². The Morgan fingerprint density at radius 2 is 2.27 bits per heavy atom. The molecule has 0 aromatic rings. The molecule has 4 heteroatoms. The molecule has 0 saturated heterocycles. The third-order valence-corrected chi connectivity index (χ3v) is 1.27. The third-order valence-electron chi connectivity index (χ3n) is 0.994. The number of carbonyl (C=O) groups excluding carboxylic acids is 1. The first-order chi connectivity index (χ1) is 5.22. The molecule has 0 radical (unpaired) electrons. The minimum Gasteiger partial charge on any atom is -0.453 e. The normalized spacial score (nSPS) is 7.91. The molecule has 0 aliphatic carbocycles.